The second kappa shape index (κ2) is 5.74. The summed E-state index contributed by atoms with van der Waals surface area (Å²) in [5.41, 5.74) is 3.79. The number of carbonyl (C=O) groups is 1. The van der Waals surface area contributed by atoms with Gasteiger partial charge in [-0.2, -0.15) is 5.26 Å². The van der Waals surface area contributed by atoms with E-state index in [0.29, 0.717) is 11.3 Å². The average molecular weight is 290 g/mol. The van der Waals surface area contributed by atoms with Crippen molar-refractivity contribution in [2.45, 2.75) is 13.5 Å². The quantitative estimate of drug-likeness (QED) is 0.748. The fraction of sp³-hybridized carbons (Fsp3) is 0.111. The average Bonchev–Trinajstić information content (AvgIpc) is 2.98. The van der Waals surface area contributed by atoms with E-state index in [2.05, 4.69) is 11.1 Å². The molecule has 0 saturated heterocycles. The molecule has 0 radical (unpaired) electrons. The molecule has 0 aliphatic rings. The number of aromatic nitrogens is 1. The Labute approximate surface area is 128 Å². The number of nitrogens with one attached hydrogen (secondary N) is 1. The van der Waals surface area contributed by atoms with Crippen LogP contribution in [-0.4, -0.2) is 11.0 Å². The Bertz CT molecular complexity index is 887. The molecular formula is C18H14N2O2. The lowest BCUT2D eigenvalue weighted by atomic mass is 10.1. The van der Waals surface area contributed by atoms with Crippen LogP contribution in [0.4, 0.5) is 0 Å². The van der Waals surface area contributed by atoms with Crippen LogP contribution in [0.15, 0.2) is 48.5 Å². The molecule has 3 aromatic rings. The molecule has 1 N–H and O–H groups in total. The Morgan fingerprint density at radius 3 is 2.82 bits per heavy atom. The third-order valence-electron chi connectivity index (χ3n) is 3.53. The van der Waals surface area contributed by atoms with Crippen molar-refractivity contribution < 1.29 is 9.53 Å². The summed E-state index contributed by atoms with van der Waals surface area (Å²) in [6.07, 6.45) is 0. The first kappa shape index (κ1) is 13.9. The van der Waals surface area contributed by atoms with Crippen LogP contribution < -0.4 is 0 Å². The third-order valence-corrected chi connectivity index (χ3v) is 3.53. The Kier molecular flexibility index (Phi) is 3.63. The van der Waals surface area contributed by atoms with Crippen LogP contribution in [0.5, 0.6) is 0 Å². The first-order chi connectivity index (χ1) is 10.7. The summed E-state index contributed by atoms with van der Waals surface area (Å²) in [6, 6.07) is 16.8. The largest absolute Gasteiger partial charge is 0.456 e. The van der Waals surface area contributed by atoms with Gasteiger partial charge < -0.3 is 9.72 Å². The number of hydrogen-bond acceptors (Lipinski definition) is 3. The van der Waals surface area contributed by atoms with Gasteiger partial charge in [0.25, 0.3) is 0 Å². The molecule has 0 bridgehead atoms. The molecule has 3 rings (SSSR count). The number of esters is 1. The molecule has 0 unspecified atom stereocenters. The van der Waals surface area contributed by atoms with Crippen molar-refractivity contribution in [3.05, 3.63) is 70.9 Å². The standard InChI is InChI=1S/C18H14N2O2/c1-12-4-2-7-16-15(12)9-17(20-16)18(21)22-11-14-6-3-5-13(8-14)10-19/h2-9,20H,11H2,1H3. The molecule has 0 atom stereocenters. The van der Waals surface area contributed by atoms with E-state index < -0.39 is 5.97 Å². The topological polar surface area (TPSA) is 65.9 Å². The van der Waals surface area contributed by atoms with Crippen LogP contribution in [-0.2, 0) is 11.3 Å². The van der Waals surface area contributed by atoms with E-state index in [-0.39, 0.29) is 6.61 Å². The molecule has 108 valence electrons. The van der Waals surface area contributed by atoms with Crippen LogP contribution in [0.1, 0.15) is 27.2 Å². The minimum absolute atomic E-state index is 0.142. The smallest absolute Gasteiger partial charge is 0.355 e. The number of nitrogens with zero attached hydrogens (tertiary/aromatic N) is 1. The van der Waals surface area contributed by atoms with E-state index in [1.165, 1.54) is 0 Å². The minimum Gasteiger partial charge on any atom is -0.456 e. The zero-order chi connectivity index (χ0) is 15.5. The number of ether oxygens (including phenoxy) is 1. The number of nitriles is 1. The summed E-state index contributed by atoms with van der Waals surface area (Å²) in [5, 5.41) is 9.88. The number of fused-ring (bicyclic) bond motifs is 1. The highest BCUT2D eigenvalue weighted by Gasteiger charge is 2.12. The number of aryl methyl sites for hydroxylation is 1. The van der Waals surface area contributed by atoms with Gasteiger partial charge in [0.1, 0.15) is 12.3 Å². The van der Waals surface area contributed by atoms with E-state index in [1.54, 1.807) is 24.3 Å². The predicted octanol–water partition coefficient (Wildman–Crippen LogP) is 3.71. The molecule has 4 nitrogen and oxygen atoms in total. The number of benzene rings is 2. The maximum absolute atomic E-state index is 12.1. The summed E-state index contributed by atoms with van der Waals surface area (Å²) in [5.74, 6) is -0.405. The normalized spacial score (nSPS) is 10.4. The number of H-pyrrole nitrogens is 1. The Morgan fingerprint density at radius 2 is 2.05 bits per heavy atom. The summed E-state index contributed by atoms with van der Waals surface area (Å²) in [7, 11) is 0. The number of aromatic amines is 1. The van der Waals surface area contributed by atoms with Gasteiger partial charge in [-0.3, -0.25) is 0 Å². The molecule has 0 amide bonds. The van der Waals surface area contributed by atoms with Gasteiger partial charge in [0.2, 0.25) is 0 Å². The van der Waals surface area contributed by atoms with Gasteiger partial charge in [0, 0.05) is 10.9 Å². The molecule has 2 aromatic carbocycles. The van der Waals surface area contributed by atoms with Crippen LogP contribution in [0, 0.1) is 18.3 Å². The van der Waals surface area contributed by atoms with E-state index >= 15 is 0 Å². The van der Waals surface area contributed by atoms with Crippen LogP contribution in [0.2, 0.25) is 0 Å². The van der Waals surface area contributed by atoms with Crippen LogP contribution in [0.3, 0.4) is 0 Å². The fourth-order valence-corrected chi connectivity index (χ4v) is 2.37. The lowest BCUT2D eigenvalue weighted by molar-refractivity contribution is 0.0467. The Balaban J connectivity index is 1.76. The van der Waals surface area contributed by atoms with Crippen LogP contribution in [0.25, 0.3) is 10.9 Å². The summed E-state index contributed by atoms with van der Waals surface area (Å²) >= 11 is 0. The fourth-order valence-electron chi connectivity index (χ4n) is 2.37. The van der Waals surface area contributed by atoms with Gasteiger partial charge in [0.15, 0.2) is 0 Å². The molecule has 1 heterocycles. The highest BCUT2D eigenvalue weighted by Crippen LogP contribution is 2.20. The van der Waals surface area contributed by atoms with Crippen molar-refractivity contribution in [1.82, 2.24) is 4.98 Å². The first-order valence-electron chi connectivity index (χ1n) is 6.92. The summed E-state index contributed by atoms with van der Waals surface area (Å²) in [6.45, 7) is 2.14. The molecule has 0 saturated carbocycles. The van der Waals surface area contributed by atoms with E-state index in [9.17, 15) is 4.79 Å². The molecule has 0 fully saturated rings. The predicted molar refractivity (Wildman–Crippen MR) is 83.3 cm³/mol. The molecule has 22 heavy (non-hydrogen) atoms. The molecular weight excluding hydrogens is 276 g/mol. The Hall–Kier alpha value is -3.06. The maximum atomic E-state index is 12.1. The van der Waals surface area contributed by atoms with Crippen molar-refractivity contribution in [1.29, 1.82) is 5.26 Å². The SMILES string of the molecule is Cc1cccc2[nH]c(C(=O)OCc3cccc(C#N)c3)cc12. The maximum Gasteiger partial charge on any atom is 0.355 e. The number of hydrogen-bond donors (Lipinski definition) is 1. The summed E-state index contributed by atoms with van der Waals surface area (Å²) < 4.78 is 5.30. The molecule has 1 aromatic heterocycles. The monoisotopic (exact) mass is 290 g/mol. The van der Waals surface area contributed by atoms with E-state index in [4.69, 9.17) is 10.00 Å². The van der Waals surface area contributed by atoms with Gasteiger partial charge in [0.05, 0.1) is 11.6 Å². The highest BCUT2D eigenvalue weighted by atomic mass is 16.5. The summed E-state index contributed by atoms with van der Waals surface area (Å²) in [4.78, 5) is 15.2. The Morgan fingerprint density at radius 1 is 1.23 bits per heavy atom. The van der Waals surface area contributed by atoms with Crippen molar-refractivity contribution >= 4 is 16.9 Å². The molecule has 4 heteroatoms. The highest BCUT2D eigenvalue weighted by molar-refractivity contribution is 5.95. The van der Waals surface area contributed by atoms with Gasteiger partial charge in [-0.25, -0.2) is 4.79 Å². The zero-order valence-electron chi connectivity index (χ0n) is 12.1. The second-order valence-electron chi connectivity index (χ2n) is 5.11. The zero-order valence-corrected chi connectivity index (χ0v) is 12.1. The van der Waals surface area contributed by atoms with Gasteiger partial charge in [-0.1, -0.05) is 24.3 Å². The van der Waals surface area contributed by atoms with Crippen molar-refractivity contribution in [2.75, 3.05) is 0 Å². The van der Waals surface area contributed by atoms with Crippen molar-refractivity contribution in [3.8, 4) is 6.07 Å². The van der Waals surface area contributed by atoms with Crippen molar-refractivity contribution in [2.24, 2.45) is 0 Å². The number of carbonyl (C=O) groups excluding carboxylic acids is 1. The minimum atomic E-state index is -0.405. The van der Waals surface area contributed by atoms with E-state index in [1.807, 2.05) is 31.2 Å². The molecule has 0 aliphatic heterocycles. The second-order valence-corrected chi connectivity index (χ2v) is 5.11. The van der Waals surface area contributed by atoms with Gasteiger partial charge in [-0.05, 0) is 42.3 Å². The molecule has 0 spiro atoms. The number of rotatable bonds is 3. The lowest BCUT2D eigenvalue weighted by Gasteiger charge is -2.03. The van der Waals surface area contributed by atoms with Crippen LogP contribution >= 0.6 is 0 Å². The van der Waals surface area contributed by atoms with Gasteiger partial charge in [-0.15, -0.1) is 0 Å². The third kappa shape index (κ3) is 2.70. The lowest BCUT2D eigenvalue weighted by Crippen LogP contribution is -2.05. The molecule has 0 aliphatic carbocycles. The van der Waals surface area contributed by atoms with Crippen molar-refractivity contribution in [3.63, 3.8) is 0 Å². The van der Waals surface area contributed by atoms with Gasteiger partial charge >= 0.3 is 5.97 Å². The first-order valence-corrected chi connectivity index (χ1v) is 6.92. The van der Waals surface area contributed by atoms with E-state index in [0.717, 1.165) is 22.0 Å².